The number of hydrogen-bond acceptors (Lipinski definition) is 5. The number of aromatic nitrogens is 2. The van der Waals surface area contributed by atoms with Crippen molar-refractivity contribution in [1.29, 1.82) is 0 Å². The molecule has 144 valence electrons. The molecule has 0 bridgehead atoms. The SMILES string of the molecule is O=C1OC(CO)CN1c1ccc(OCc2c(Cl)cccc2-n2cccn2)cc1. The molecule has 1 amide bonds. The van der Waals surface area contributed by atoms with Crippen molar-refractivity contribution >= 4 is 23.4 Å². The monoisotopic (exact) mass is 399 g/mol. The van der Waals surface area contributed by atoms with Crippen molar-refractivity contribution in [1.82, 2.24) is 9.78 Å². The van der Waals surface area contributed by atoms with Crippen LogP contribution in [0.25, 0.3) is 5.69 Å². The van der Waals surface area contributed by atoms with Crippen LogP contribution in [0.4, 0.5) is 10.5 Å². The molecular weight excluding hydrogens is 382 g/mol. The fraction of sp³-hybridized carbons (Fsp3) is 0.200. The predicted molar refractivity (Wildman–Crippen MR) is 104 cm³/mol. The van der Waals surface area contributed by atoms with Crippen LogP contribution in [0, 0.1) is 0 Å². The third-order valence-corrected chi connectivity index (χ3v) is 4.81. The van der Waals surface area contributed by atoms with Gasteiger partial charge in [0.15, 0.2) is 0 Å². The minimum Gasteiger partial charge on any atom is -0.489 e. The van der Waals surface area contributed by atoms with Crippen LogP contribution in [0.15, 0.2) is 60.9 Å². The molecule has 3 aromatic rings. The number of cyclic esters (lactones) is 1. The number of rotatable bonds is 6. The van der Waals surface area contributed by atoms with Crippen LogP contribution in [-0.4, -0.2) is 40.2 Å². The lowest BCUT2D eigenvalue weighted by Gasteiger charge is -2.15. The van der Waals surface area contributed by atoms with Gasteiger partial charge in [0, 0.05) is 28.7 Å². The smallest absolute Gasteiger partial charge is 0.414 e. The molecule has 2 aromatic carbocycles. The average Bonchev–Trinajstić information content (AvgIpc) is 3.37. The Balaban J connectivity index is 1.47. The van der Waals surface area contributed by atoms with Crippen molar-refractivity contribution in [3.8, 4) is 11.4 Å². The normalized spacial score (nSPS) is 16.3. The minimum absolute atomic E-state index is 0.195. The third-order valence-electron chi connectivity index (χ3n) is 4.45. The van der Waals surface area contributed by atoms with Crippen molar-refractivity contribution in [2.24, 2.45) is 0 Å². The van der Waals surface area contributed by atoms with Gasteiger partial charge in [-0.1, -0.05) is 17.7 Å². The van der Waals surface area contributed by atoms with Gasteiger partial charge in [-0.05, 0) is 42.5 Å². The maximum atomic E-state index is 11.9. The lowest BCUT2D eigenvalue weighted by atomic mass is 10.2. The number of carbonyl (C=O) groups excluding carboxylic acids is 1. The van der Waals surface area contributed by atoms with E-state index in [0.717, 1.165) is 11.3 Å². The van der Waals surface area contributed by atoms with E-state index in [1.54, 1.807) is 35.1 Å². The molecule has 0 spiro atoms. The summed E-state index contributed by atoms with van der Waals surface area (Å²) in [6.07, 6.45) is 2.59. The number of nitrogens with zero attached hydrogens (tertiary/aromatic N) is 3. The molecule has 1 saturated heterocycles. The predicted octanol–water partition coefficient (Wildman–Crippen LogP) is 3.42. The van der Waals surface area contributed by atoms with E-state index < -0.39 is 12.2 Å². The zero-order valence-corrected chi connectivity index (χ0v) is 15.6. The molecule has 8 heteroatoms. The molecule has 1 aromatic heterocycles. The van der Waals surface area contributed by atoms with E-state index in [9.17, 15) is 4.79 Å². The summed E-state index contributed by atoms with van der Waals surface area (Å²) in [5.41, 5.74) is 2.36. The van der Waals surface area contributed by atoms with Crippen molar-refractivity contribution in [2.75, 3.05) is 18.1 Å². The first-order valence-corrected chi connectivity index (χ1v) is 9.13. The highest BCUT2D eigenvalue weighted by Gasteiger charge is 2.31. The number of aliphatic hydroxyl groups excluding tert-OH is 1. The van der Waals surface area contributed by atoms with Crippen LogP contribution in [0.3, 0.4) is 0 Å². The summed E-state index contributed by atoms with van der Waals surface area (Å²) < 4.78 is 12.7. The third kappa shape index (κ3) is 3.67. The minimum atomic E-state index is -0.496. The molecule has 1 unspecified atom stereocenters. The Morgan fingerprint density at radius 2 is 2.04 bits per heavy atom. The van der Waals surface area contributed by atoms with Gasteiger partial charge in [0.1, 0.15) is 18.5 Å². The molecule has 28 heavy (non-hydrogen) atoms. The zero-order chi connectivity index (χ0) is 19.5. The van der Waals surface area contributed by atoms with E-state index in [-0.39, 0.29) is 13.2 Å². The van der Waals surface area contributed by atoms with Gasteiger partial charge in [0.2, 0.25) is 0 Å². The van der Waals surface area contributed by atoms with Crippen LogP contribution in [0.5, 0.6) is 5.75 Å². The van der Waals surface area contributed by atoms with Gasteiger partial charge in [-0.25, -0.2) is 9.48 Å². The highest BCUT2D eigenvalue weighted by Crippen LogP contribution is 2.27. The zero-order valence-electron chi connectivity index (χ0n) is 14.9. The Hall–Kier alpha value is -3.03. The highest BCUT2D eigenvalue weighted by molar-refractivity contribution is 6.31. The van der Waals surface area contributed by atoms with Crippen molar-refractivity contribution in [3.63, 3.8) is 0 Å². The van der Waals surface area contributed by atoms with Gasteiger partial charge in [0.25, 0.3) is 0 Å². The van der Waals surface area contributed by atoms with Gasteiger partial charge in [-0.3, -0.25) is 4.90 Å². The van der Waals surface area contributed by atoms with Gasteiger partial charge in [-0.2, -0.15) is 5.10 Å². The molecule has 1 atom stereocenters. The summed E-state index contributed by atoms with van der Waals surface area (Å²) in [6, 6.07) is 14.6. The maximum Gasteiger partial charge on any atom is 0.414 e. The molecule has 1 aliphatic rings. The largest absolute Gasteiger partial charge is 0.489 e. The van der Waals surface area contributed by atoms with E-state index >= 15 is 0 Å². The van der Waals surface area contributed by atoms with Crippen LogP contribution in [0.1, 0.15) is 5.56 Å². The second-order valence-electron chi connectivity index (χ2n) is 6.27. The summed E-state index contributed by atoms with van der Waals surface area (Å²) in [5.74, 6) is 0.640. The first kappa shape index (κ1) is 18.3. The number of amides is 1. The van der Waals surface area contributed by atoms with E-state index in [0.29, 0.717) is 23.0 Å². The quantitative estimate of drug-likeness (QED) is 0.687. The molecule has 1 N–H and O–H groups in total. The molecule has 2 heterocycles. The van der Waals surface area contributed by atoms with Crippen molar-refractivity contribution in [2.45, 2.75) is 12.7 Å². The average molecular weight is 400 g/mol. The van der Waals surface area contributed by atoms with Crippen molar-refractivity contribution < 1.29 is 19.4 Å². The van der Waals surface area contributed by atoms with Crippen LogP contribution >= 0.6 is 11.6 Å². The van der Waals surface area contributed by atoms with Crippen LogP contribution in [0.2, 0.25) is 5.02 Å². The number of carbonyl (C=O) groups is 1. The van der Waals surface area contributed by atoms with Gasteiger partial charge in [0.05, 0.1) is 18.8 Å². The maximum absolute atomic E-state index is 11.9. The Morgan fingerprint density at radius 3 is 2.71 bits per heavy atom. The fourth-order valence-corrected chi connectivity index (χ4v) is 3.25. The summed E-state index contributed by atoms with van der Waals surface area (Å²) >= 11 is 6.37. The lowest BCUT2D eigenvalue weighted by molar-refractivity contribution is 0.0963. The molecule has 7 nitrogen and oxygen atoms in total. The number of halogens is 1. The summed E-state index contributed by atoms with van der Waals surface area (Å²) in [5, 5.41) is 14.0. The molecule has 0 saturated carbocycles. The molecular formula is C20H18ClN3O4. The van der Waals surface area contributed by atoms with Gasteiger partial charge < -0.3 is 14.6 Å². The number of aliphatic hydroxyl groups is 1. The first-order chi connectivity index (χ1) is 13.7. The number of anilines is 1. The lowest BCUT2D eigenvalue weighted by Crippen LogP contribution is -2.25. The van der Waals surface area contributed by atoms with E-state index in [1.807, 2.05) is 30.5 Å². The topological polar surface area (TPSA) is 76.8 Å². The second kappa shape index (κ2) is 7.92. The number of hydrogen-bond donors (Lipinski definition) is 1. The molecule has 4 rings (SSSR count). The van der Waals surface area contributed by atoms with Crippen LogP contribution in [-0.2, 0) is 11.3 Å². The number of ether oxygens (including phenoxy) is 2. The van der Waals surface area contributed by atoms with Crippen LogP contribution < -0.4 is 9.64 Å². The fourth-order valence-electron chi connectivity index (χ4n) is 3.02. The van der Waals surface area contributed by atoms with E-state index in [2.05, 4.69) is 5.10 Å². The summed E-state index contributed by atoms with van der Waals surface area (Å²) in [6.45, 7) is 0.398. The summed E-state index contributed by atoms with van der Waals surface area (Å²) in [7, 11) is 0. The van der Waals surface area contributed by atoms with Gasteiger partial charge >= 0.3 is 6.09 Å². The Bertz CT molecular complexity index is 960. The standard InChI is InChI=1S/C20H18ClN3O4/c21-18-3-1-4-19(24-10-2-9-22-24)17(18)13-27-15-7-5-14(6-8-15)23-11-16(12-25)28-20(23)26/h1-10,16,25H,11-13H2. The molecule has 1 aliphatic heterocycles. The summed E-state index contributed by atoms with van der Waals surface area (Å²) in [4.78, 5) is 13.3. The molecule has 0 radical (unpaired) electrons. The van der Waals surface area contributed by atoms with E-state index in [1.165, 1.54) is 4.90 Å². The van der Waals surface area contributed by atoms with Crippen molar-refractivity contribution in [3.05, 3.63) is 71.5 Å². The second-order valence-corrected chi connectivity index (χ2v) is 6.68. The van der Waals surface area contributed by atoms with Gasteiger partial charge in [-0.15, -0.1) is 0 Å². The Morgan fingerprint density at radius 1 is 1.21 bits per heavy atom. The number of benzene rings is 2. The van der Waals surface area contributed by atoms with E-state index in [4.69, 9.17) is 26.2 Å². The Kier molecular flexibility index (Phi) is 5.18. The molecule has 1 fully saturated rings. The Labute approximate surface area is 166 Å². The molecule has 0 aliphatic carbocycles. The highest BCUT2D eigenvalue weighted by atomic mass is 35.5. The first-order valence-electron chi connectivity index (χ1n) is 8.75.